The van der Waals surface area contributed by atoms with Gasteiger partial charge in [0, 0.05) is 11.3 Å². The highest BCUT2D eigenvalue weighted by molar-refractivity contribution is 7.98. The van der Waals surface area contributed by atoms with E-state index in [4.69, 9.17) is 0 Å². The number of hydrogen-bond donors (Lipinski definition) is 0. The van der Waals surface area contributed by atoms with Crippen LogP contribution in [0.15, 0.2) is 58.5 Å². The van der Waals surface area contributed by atoms with E-state index in [9.17, 15) is 26.7 Å². The van der Waals surface area contributed by atoms with Crippen molar-refractivity contribution >= 4 is 28.4 Å². The van der Waals surface area contributed by atoms with E-state index in [2.05, 4.69) is 24.0 Å². The van der Waals surface area contributed by atoms with Crippen LogP contribution in [0.2, 0.25) is 0 Å². The van der Waals surface area contributed by atoms with Gasteiger partial charge in [0.05, 0.1) is 16.6 Å². The van der Waals surface area contributed by atoms with Crippen LogP contribution in [0.5, 0.6) is 0 Å². The first kappa shape index (κ1) is 24.9. The second kappa shape index (κ2) is 9.62. The van der Waals surface area contributed by atoms with Gasteiger partial charge in [0.2, 0.25) is 11.6 Å². The molecule has 1 unspecified atom stereocenters. The van der Waals surface area contributed by atoms with Gasteiger partial charge in [-0.15, -0.1) is 10.2 Å². The summed E-state index contributed by atoms with van der Waals surface area (Å²) in [6.45, 7) is 4.18. The largest absolute Gasteiger partial charge is 0.268 e. The smallest absolute Gasteiger partial charge is 0.267 e. The highest BCUT2D eigenvalue weighted by Gasteiger charge is 2.26. The summed E-state index contributed by atoms with van der Waals surface area (Å²) in [6, 6.07) is 14.1. The van der Waals surface area contributed by atoms with E-state index in [-0.39, 0.29) is 16.5 Å². The van der Waals surface area contributed by atoms with E-state index in [1.807, 2.05) is 12.1 Å². The van der Waals surface area contributed by atoms with E-state index in [0.29, 0.717) is 22.5 Å². The Kier molecular flexibility index (Phi) is 6.49. The molecule has 5 nitrogen and oxygen atoms in total. The number of aromatic nitrogens is 4. The summed E-state index contributed by atoms with van der Waals surface area (Å²) in [5.74, 6) is -10.2. The van der Waals surface area contributed by atoms with Gasteiger partial charge in [-0.1, -0.05) is 49.9 Å². The van der Waals surface area contributed by atoms with Crippen LogP contribution in [-0.2, 0) is 5.75 Å². The molecule has 5 aromatic rings. The van der Waals surface area contributed by atoms with Crippen LogP contribution >= 0.6 is 11.8 Å². The zero-order chi connectivity index (χ0) is 26.4. The maximum absolute atomic E-state index is 14.2. The van der Waals surface area contributed by atoms with Crippen LogP contribution in [0.3, 0.4) is 0 Å². The Bertz CT molecular complexity index is 1690. The minimum Gasteiger partial charge on any atom is -0.268 e. The fourth-order valence-corrected chi connectivity index (χ4v) is 5.04. The van der Waals surface area contributed by atoms with Gasteiger partial charge in [-0.25, -0.2) is 26.5 Å². The normalized spacial score (nSPS) is 12.5. The zero-order valence-corrected chi connectivity index (χ0v) is 20.4. The summed E-state index contributed by atoms with van der Waals surface area (Å²) < 4.78 is 72.1. The van der Waals surface area contributed by atoms with Crippen molar-refractivity contribution in [3.8, 4) is 5.69 Å². The number of para-hydroxylation sites is 1. The minimum atomic E-state index is -2.22. The molecular weight excluding hydrogens is 511 g/mol. The van der Waals surface area contributed by atoms with Gasteiger partial charge in [-0.2, -0.15) is 0 Å². The molecule has 0 aliphatic heterocycles. The number of nitrogens with zero attached hydrogens (tertiary/aromatic N) is 4. The number of fused-ring (bicyclic) bond motifs is 3. The van der Waals surface area contributed by atoms with Gasteiger partial charge in [0.25, 0.3) is 5.56 Å². The first-order chi connectivity index (χ1) is 17.7. The number of benzene rings is 3. The summed E-state index contributed by atoms with van der Waals surface area (Å²) in [4.78, 5) is 13.5. The van der Waals surface area contributed by atoms with Crippen molar-refractivity contribution in [3.05, 3.63) is 99.1 Å². The zero-order valence-electron chi connectivity index (χ0n) is 19.6. The summed E-state index contributed by atoms with van der Waals surface area (Å²) in [7, 11) is 0. The Morgan fingerprint density at radius 2 is 1.49 bits per heavy atom. The van der Waals surface area contributed by atoms with E-state index >= 15 is 0 Å². The maximum Gasteiger partial charge on any atom is 0.267 e. The number of thioether (sulfide) groups is 1. The van der Waals surface area contributed by atoms with Crippen molar-refractivity contribution in [1.82, 2.24) is 19.2 Å². The summed E-state index contributed by atoms with van der Waals surface area (Å²) in [6.07, 6.45) is 0.952. The third kappa shape index (κ3) is 4.07. The van der Waals surface area contributed by atoms with Gasteiger partial charge < -0.3 is 0 Å². The molecule has 11 heteroatoms. The third-order valence-corrected chi connectivity index (χ3v) is 7.33. The molecule has 3 aromatic carbocycles. The van der Waals surface area contributed by atoms with Crippen LogP contribution in [0.4, 0.5) is 22.0 Å². The molecule has 0 saturated carbocycles. The molecule has 5 rings (SSSR count). The highest BCUT2D eigenvalue weighted by atomic mass is 32.2. The van der Waals surface area contributed by atoms with Crippen molar-refractivity contribution in [2.75, 3.05) is 0 Å². The van der Waals surface area contributed by atoms with Crippen molar-refractivity contribution in [1.29, 1.82) is 0 Å². The summed E-state index contributed by atoms with van der Waals surface area (Å²) in [5, 5.41) is 8.67. The van der Waals surface area contributed by atoms with Crippen LogP contribution in [0, 0.1) is 29.1 Å². The lowest BCUT2D eigenvalue weighted by Crippen LogP contribution is -2.21. The van der Waals surface area contributed by atoms with E-state index in [0.717, 1.165) is 23.7 Å². The number of halogens is 5. The highest BCUT2D eigenvalue weighted by Crippen LogP contribution is 2.30. The number of rotatable bonds is 6. The molecule has 190 valence electrons. The second-order valence-electron chi connectivity index (χ2n) is 8.51. The van der Waals surface area contributed by atoms with Crippen molar-refractivity contribution in [2.24, 2.45) is 0 Å². The lowest BCUT2D eigenvalue weighted by atomic mass is 9.98. The average molecular weight is 531 g/mol. The molecule has 2 heterocycles. The predicted octanol–water partition coefficient (Wildman–Crippen LogP) is 6.53. The molecule has 1 atom stereocenters. The van der Waals surface area contributed by atoms with Crippen LogP contribution < -0.4 is 5.56 Å². The maximum atomic E-state index is 14.2. The minimum absolute atomic E-state index is 0.111. The van der Waals surface area contributed by atoms with E-state index in [1.54, 1.807) is 36.4 Å². The molecule has 0 aliphatic carbocycles. The van der Waals surface area contributed by atoms with Crippen LogP contribution in [0.1, 0.15) is 37.3 Å². The summed E-state index contributed by atoms with van der Waals surface area (Å²) in [5.41, 5.74) is 0.757. The fraction of sp³-hybridized carbons (Fsp3) is 0.192. The topological polar surface area (TPSA) is 52.2 Å². The van der Waals surface area contributed by atoms with Crippen LogP contribution in [0.25, 0.3) is 22.4 Å². The Morgan fingerprint density at radius 1 is 0.865 bits per heavy atom. The molecule has 2 aromatic heterocycles. The first-order valence-electron chi connectivity index (χ1n) is 11.4. The second-order valence-corrected chi connectivity index (χ2v) is 9.46. The van der Waals surface area contributed by atoms with E-state index in [1.165, 1.54) is 8.97 Å². The SMILES string of the molecule is CCC(C)c1ccc(-n2c(=O)c3ccccc3n3c(SCc4c(F)c(F)c(F)c(F)c4F)nnc23)cc1. The fourth-order valence-electron chi connectivity index (χ4n) is 4.11. The van der Waals surface area contributed by atoms with E-state index < -0.39 is 40.4 Å². The van der Waals surface area contributed by atoms with Gasteiger partial charge >= 0.3 is 0 Å². The van der Waals surface area contributed by atoms with Crippen molar-refractivity contribution < 1.29 is 22.0 Å². The lowest BCUT2D eigenvalue weighted by Gasteiger charge is -2.13. The monoisotopic (exact) mass is 530 g/mol. The Balaban J connectivity index is 1.66. The average Bonchev–Trinajstić information content (AvgIpc) is 3.34. The molecule has 0 amide bonds. The van der Waals surface area contributed by atoms with Crippen molar-refractivity contribution in [3.63, 3.8) is 0 Å². The molecule has 0 N–H and O–H groups in total. The van der Waals surface area contributed by atoms with Gasteiger partial charge in [-0.05, 0) is 42.2 Å². The Hall–Kier alpha value is -3.73. The Labute approximate surface area is 211 Å². The molecule has 0 aliphatic rings. The molecule has 37 heavy (non-hydrogen) atoms. The van der Waals surface area contributed by atoms with Crippen molar-refractivity contribution in [2.45, 2.75) is 37.1 Å². The van der Waals surface area contributed by atoms with Gasteiger partial charge in [-0.3, -0.25) is 9.20 Å². The van der Waals surface area contributed by atoms with Gasteiger partial charge in [0.15, 0.2) is 28.4 Å². The molecular formula is C26H19F5N4OS. The molecule has 0 spiro atoms. The predicted molar refractivity (Wildman–Crippen MR) is 131 cm³/mol. The molecule has 0 radical (unpaired) electrons. The lowest BCUT2D eigenvalue weighted by molar-refractivity contribution is 0.372. The quantitative estimate of drug-likeness (QED) is 0.108. The third-order valence-electron chi connectivity index (χ3n) is 6.37. The van der Waals surface area contributed by atoms with Gasteiger partial charge in [0.1, 0.15) is 0 Å². The molecule has 0 saturated heterocycles. The van der Waals surface area contributed by atoms with Crippen LogP contribution in [-0.4, -0.2) is 19.2 Å². The Morgan fingerprint density at radius 3 is 2.14 bits per heavy atom. The first-order valence-corrected chi connectivity index (χ1v) is 12.3. The molecule has 0 bridgehead atoms. The summed E-state index contributed by atoms with van der Waals surface area (Å²) >= 11 is 0.733. The molecule has 0 fully saturated rings. The standard InChI is InChI=1S/C26H19F5N4OS/c1-3-13(2)14-8-10-15(11-9-14)34-24(36)16-6-4-5-7-18(16)35-25(34)32-33-26(35)37-12-17-19(27)21(29)23(31)22(30)20(17)28/h4-11,13H,3,12H2,1-2H3. The number of hydrogen-bond acceptors (Lipinski definition) is 4.